The maximum atomic E-state index is 12.0. The van der Waals surface area contributed by atoms with Crippen LogP contribution in [-0.2, 0) is 12.8 Å². The van der Waals surface area contributed by atoms with Crippen molar-refractivity contribution in [1.82, 2.24) is 0 Å². The van der Waals surface area contributed by atoms with Crippen LogP contribution in [0, 0.1) is 0 Å². The molecule has 0 saturated heterocycles. The second-order valence-corrected chi connectivity index (χ2v) is 5.82. The van der Waals surface area contributed by atoms with Gasteiger partial charge < -0.3 is 13.9 Å². The predicted molar refractivity (Wildman–Crippen MR) is 96.6 cm³/mol. The van der Waals surface area contributed by atoms with E-state index in [1.165, 1.54) is 6.26 Å². The molecular weight excluding hydrogens is 316 g/mol. The third-order valence-corrected chi connectivity index (χ3v) is 4.06. The van der Waals surface area contributed by atoms with Crippen molar-refractivity contribution in [1.29, 1.82) is 0 Å². The van der Waals surface area contributed by atoms with Crippen molar-refractivity contribution in [3.63, 3.8) is 0 Å². The first kappa shape index (κ1) is 16.8. The fourth-order valence-electron chi connectivity index (χ4n) is 2.68. The third kappa shape index (κ3) is 4.29. The van der Waals surface area contributed by atoms with Gasteiger partial charge in [0.2, 0.25) is 0 Å². The lowest BCUT2D eigenvalue weighted by molar-refractivity contribution is 0.414. The van der Waals surface area contributed by atoms with Crippen LogP contribution in [0.4, 0.5) is 0 Å². The first-order valence-electron chi connectivity index (χ1n) is 8.04. The zero-order valence-corrected chi connectivity index (χ0v) is 14.3. The number of methoxy groups -OCH3 is 2. The van der Waals surface area contributed by atoms with Crippen molar-refractivity contribution < 1.29 is 13.9 Å². The largest absolute Gasteiger partial charge is 0.497 e. The average molecular weight is 336 g/mol. The summed E-state index contributed by atoms with van der Waals surface area (Å²) in [5.74, 6) is 1.62. The number of ether oxygens (including phenoxy) is 2. The molecule has 3 aromatic rings. The van der Waals surface area contributed by atoms with Crippen LogP contribution in [0.15, 0.2) is 70.1 Å². The van der Waals surface area contributed by atoms with Gasteiger partial charge in [0.25, 0.3) is 0 Å². The van der Waals surface area contributed by atoms with Crippen LogP contribution in [0.2, 0.25) is 0 Å². The maximum absolute atomic E-state index is 12.0. The Kier molecular flexibility index (Phi) is 5.19. The van der Waals surface area contributed by atoms with Crippen molar-refractivity contribution in [2.45, 2.75) is 12.8 Å². The molecular formula is C21H20O4. The van der Waals surface area contributed by atoms with Crippen LogP contribution in [0.1, 0.15) is 22.3 Å². The first-order valence-corrected chi connectivity index (χ1v) is 8.04. The molecule has 0 unspecified atom stereocenters. The Balaban J connectivity index is 1.78. The maximum Gasteiger partial charge on any atom is 0.339 e. The van der Waals surface area contributed by atoms with Gasteiger partial charge in [0.05, 0.1) is 20.5 Å². The summed E-state index contributed by atoms with van der Waals surface area (Å²) < 4.78 is 15.5. The van der Waals surface area contributed by atoms with Crippen LogP contribution < -0.4 is 15.1 Å². The van der Waals surface area contributed by atoms with Crippen LogP contribution in [0.3, 0.4) is 0 Å². The van der Waals surface area contributed by atoms with E-state index in [9.17, 15) is 4.79 Å². The highest BCUT2D eigenvalue weighted by Gasteiger charge is 2.07. The van der Waals surface area contributed by atoms with Crippen molar-refractivity contribution in [3.8, 4) is 11.5 Å². The Hall–Kier alpha value is -3.01. The monoisotopic (exact) mass is 336 g/mol. The van der Waals surface area contributed by atoms with Crippen molar-refractivity contribution in [3.05, 3.63) is 93.5 Å². The number of hydrogen-bond donors (Lipinski definition) is 0. The SMILES string of the molecule is COc1ccc(Cc2coc(=O)c(Cc3ccc(OC)cc3)c2)cc1. The van der Waals surface area contributed by atoms with Gasteiger partial charge in [-0.3, -0.25) is 0 Å². The molecule has 0 amide bonds. The van der Waals surface area contributed by atoms with Crippen LogP contribution in [0.25, 0.3) is 0 Å². The summed E-state index contributed by atoms with van der Waals surface area (Å²) in [7, 11) is 3.28. The van der Waals surface area contributed by atoms with E-state index in [-0.39, 0.29) is 5.63 Å². The molecule has 0 aliphatic heterocycles. The molecule has 0 aliphatic carbocycles. The molecule has 4 nitrogen and oxygen atoms in total. The Morgan fingerprint density at radius 2 is 1.28 bits per heavy atom. The van der Waals surface area contributed by atoms with Crippen molar-refractivity contribution in [2.75, 3.05) is 14.2 Å². The van der Waals surface area contributed by atoms with E-state index in [0.717, 1.165) is 28.2 Å². The standard InChI is InChI=1S/C21H20O4/c1-23-19-7-3-15(4-8-19)11-17-13-18(21(22)25-14-17)12-16-5-9-20(24-2)10-6-16/h3-10,13-14H,11-12H2,1-2H3. The van der Waals surface area contributed by atoms with E-state index in [0.29, 0.717) is 18.4 Å². The molecule has 0 atom stereocenters. The van der Waals surface area contributed by atoms with E-state index >= 15 is 0 Å². The van der Waals surface area contributed by atoms with Gasteiger partial charge in [-0.2, -0.15) is 0 Å². The Morgan fingerprint density at radius 3 is 1.80 bits per heavy atom. The highest BCUT2D eigenvalue weighted by molar-refractivity contribution is 5.34. The summed E-state index contributed by atoms with van der Waals surface area (Å²) in [5, 5.41) is 0. The molecule has 0 aliphatic rings. The summed E-state index contributed by atoms with van der Waals surface area (Å²) in [4.78, 5) is 12.0. The van der Waals surface area contributed by atoms with Gasteiger partial charge in [-0.25, -0.2) is 4.79 Å². The summed E-state index contributed by atoms with van der Waals surface area (Å²) in [6.07, 6.45) is 2.76. The minimum atomic E-state index is -0.297. The average Bonchev–Trinajstić information content (AvgIpc) is 2.66. The lowest BCUT2D eigenvalue weighted by Crippen LogP contribution is -2.08. The number of benzene rings is 2. The quantitative estimate of drug-likeness (QED) is 0.686. The summed E-state index contributed by atoms with van der Waals surface area (Å²) in [5.41, 5.74) is 3.48. The predicted octanol–water partition coefficient (Wildman–Crippen LogP) is 3.84. The van der Waals surface area contributed by atoms with E-state index in [1.54, 1.807) is 14.2 Å². The Bertz CT molecular complexity index is 877. The van der Waals surface area contributed by atoms with Gasteiger partial charge >= 0.3 is 5.63 Å². The molecule has 25 heavy (non-hydrogen) atoms. The molecule has 4 heteroatoms. The fourth-order valence-corrected chi connectivity index (χ4v) is 2.68. The van der Waals surface area contributed by atoms with Crippen LogP contribution >= 0.6 is 0 Å². The van der Waals surface area contributed by atoms with Gasteiger partial charge in [0.1, 0.15) is 11.5 Å². The van der Waals surface area contributed by atoms with E-state index < -0.39 is 0 Å². The van der Waals surface area contributed by atoms with Crippen molar-refractivity contribution >= 4 is 0 Å². The molecule has 0 N–H and O–H groups in total. The van der Waals surface area contributed by atoms with Gasteiger partial charge in [0, 0.05) is 18.4 Å². The smallest absolute Gasteiger partial charge is 0.339 e. The molecule has 3 rings (SSSR count). The molecule has 1 heterocycles. The summed E-state index contributed by atoms with van der Waals surface area (Å²) in [6.45, 7) is 0. The van der Waals surface area contributed by atoms with E-state index in [4.69, 9.17) is 13.9 Å². The third-order valence-electron chi connectivity index (χ3n) is 4.06. The molecule has 0 radical (unpaired) electrons. The normalized spacial score (nSPS) is 10.5. The highest BCUT2D eigenvalue weighted by atomic mass is 16.5. The summed E-state index contributed by atoms with van der Waals surface area (Å²) >= 11 is 0. The zero-order chi connectivity index (χ0) is 17.6. The first-order chi connectivity index (χ1) is 12.2. The summed E-state index contributed by atoms with van der Waals surface area (Å²) in [6, 6.07) is 17.5. The molecule has 1 aromatic heterocycles. The second kappa shape index (κ2) is 7.71. The van der Waals surface area contributed by atoms with Gasteiger partial charge in [0.15, 0.2) is 0 Å². The molecule has 0 bridgehead atoms. The number of hydrogen-bond acceptors (Lipinski definition) is 4. The van der Waals surface area contributed by atoms with E-state index in [2.05, 4.69) is 0 Å². The van der Waals surface area contributed by atoms with E-state index in [1.807, 2.05) is 54.6 Å². The minimum absolute atomic E-state index is 0.297. The Labute approximate surface area is 146 Å². The van der Waals surface area contributed by atoms with Gasteiger partial charge in [-0.05, 0) is 47.0 Å². The number of rotatable bonds is 6. The van der Waals surface area contributed by atoms with Gasteiger partial charge in [-0.1, -0.05) is 24.3 Å². The van der Waals surface area contributed by atoms with Crippen LogP contribution in [0.5, 0.6) is 11.5 Å². The van der Waals surface area contributed by atoms with Crippen LogP contribution in [-0.4, -0.2) is 14.2 Å². The van der Waals surface area contributed by atoms with Gasteiger partial charge in [-0.15, -0.1) is 0 Å². The topological polar surface area (TPSA) is 48.7 Å². The highest BCUT2D eigenvalue weighted by Crippen LogP contribution is 2.17. The zero-order valence-electron chi connectivity index (χ0n) is 14.3. The lowest BCUT2D eigenvalue weighted by Gasteiger charge is -2.06. The second-order valence-electron chi connectivity index (χ2n) is 5.82. The molecule has 0 fully saturated rings. The molecule has 2 aromatic carbocycles. The molecule has 0 saturated carbocycles. The minimum Gasteiger partial charge on any atom is -0.497 e. The van der Waals surface area contributed by atoms with Crippen molar-refractivity contribution in [2.24, 2.45) is 0 Å². The molecule has 0 spiro atoms. The Morgan fingerprint density at radius 1 is 0.760 bits per heavy atom. The lowest BCUT2D eigenvalue weighted by atomic mass is 10.0. The molecule has 128 valence electrons. The fraction of sp³-hybridized carbons (Fsp3) is 0.190.